The molecule has 0 amide bonds. The van der Waals surface area contributed by atoms with Crippen LogP contribution in [0, 0.1) is 10.1 Å². The molecule has 8 heteroatoms. The molecule has 2 aromatic rings. The van der Waals surface area contributed by atoms with Gasteiger partial charge in [0.2, 0.25) is 0 Å². The molecule has 0 unspecified atom stereocenters. The Hall–Kier alpha value is -2.22. The third-order valence-electron chi connectivity index (χ3n) is 3.15. The van der Waals surface area contributed by atoms with Crippen LogP contribution in [0.1, 0.15) is 42.9 Å². The van der Waals surface area contributed by atoms with Crippen molar-refractivity contribution < 1.29 is 9.72 Å². The largest absolute Gasteiger partial charge is 0.309 e. The number of aromatic nitrogens is 3. The second-order valence-corrected chi connectivity index (χ2v) is 6.16. The van der Waals surface area contributed by atoms with Crippen LogP contribution in [0.4, 0.5) is 5.69 Å². The number of carbonyl (C=O) groups excluding carboxylic acids is 1. The summed E-state index contributed by atoms with van der Waals surface area (Å²) >= 11 is 1.16. The van der Waals surface area contributed by atoms with E-state index in [9.17, 15) is 14.9 Å². The van der Waals surface area contributed by atoms with Crippen LogP contribution in [-0.2, 0) is 7.05 Å². The summed E-state index contributed by atoms with van der Waals surface area (Å²) in [5.41, 5.74) is 0.212. The Morgan fingerprint density at radius 2 is 2.05 bits per heavy atom. The van der Waals surface area contributed by atoms with E-state index in [0.717, 1.165) is 17.6 Å². The molecule has 0 radical (unpaired) electrons. The number of rotatable bonds is 5. The van der Waals surface area contributed by atoms with Crippen molar-refractivity contribution in [3.63, 3.8) is 0 Å². The number of nitrogens with zero attached hydrogens (tertiary/aromatic N) is 4. The lowest BCUT2D eigenvalue weighted by atomic mass is 10.1. The Balaban J connectivity index is 2.41. The Morgan fingerprint density at radius 3 is 2.55 bits per heavy atom. The molecule has 1 aromatic carbocycles. The quantitative estimate of drug-likeness (QED) is 0.477. The van der Waals surface area contributed by atoms with Gasteiger partial charge in [-0.1, -0.05) is 13.8 Å². The second-order valence-electron chi connectivity index (χ2n) is 5.15. The lowest BCUT2D eigenvalue weighted by molar-refractivity contribution is -0.387. The smallest absolute Gasteiger partial charge is 0.284 e. The molecular formula is C14H16N4O3S. The molecule has 0 spiro atoms. The highest BCUT2D eigenvalue weighted by Gasteiger charge is 2.20. The standard InChI is InChI=1S/C14H16N4O3S/c1-8(2)13-15-16-14(17(13)4)22-12-6-5-10(9(3)19)7-11(12)18(20)21/h5-8H,1-4H3. The summed E-state index contributed by atoms with van der Waals surface area (Å²) in [6.45, 7) is 5.38. The Labute approximate surface area is 131 Å². The zero-order valence-electron chi connectivity index (χ0n) is 12.7. The number of ketones is 1. The fourth-order valence-corrected chi connectivity index (χ4v) is 2.86. The van der Waals surface area contributed by atoms with Gasteiger partial charge in [-0.25, -0.2) is 0 Å². The van der Waals surface area contributed by atoms with E-state index >= 15 is 0 Å². The van der Waals surface area contributed by atoms with E-state index in [1.54, 1.807) is 12.1 Å². The molecule has 0 N–H and O–H groups in total. The molecule has 22 heavy (non-hydrogen) atoms. The second kappa shape index (κ2) is 6.27. The first-order chi connectivity index (χ1) is 10.3. The molecule has 0 atom stereocenters. The van der Waals surface area contributed by atoms with Crippen LogP contribution < -0.4 is 0 Å². The molecule has 0 aliphatic heterocycles. The van der Waals surface area contributed by atoms with Crippen molar-refractivity contribution in [3.8, 4) is 0 Å². The van der Waals surface area contributed by atoms with Crippen molar-refractivity contribution in [1.82, 2.24) is 14.8 Å². The van der Waals surface area contributed by atoms with Gasteiger partial charge >= 0.3 is 0 Å². The molecule has 7 nitrogen and oxygen atoms in total. The van der Waals surface area contributed by atoms with Crippen LogP contribution in [0.5, 0.6) is 0 Å². The molecule has 1 heterocycles. The maximum atomic E-state index is 11.4. The zero-order chi connectivity index (χ0) is 16.4. The molecule has 1 aromatic heterocycles. The van der Waals surface area contributed by atoms with Gasteiger partial charge in [-0.15, -0.1) is 10.2 Å². The maximum absolute atomic E-state index is 11.4. The van der Waals surface area contributed by atoms with E-state index in [0.29, 0.717) is 15.6 Å². The topological polar surface area (TPSA) is 90.9 Å². The summed E-state index contributed by atoms with van der Waals surface area (Å²) < 4.78 is 1.82. The van der Waals surface area contributed by atoms with Gasteiger partial charge in [-0.2, -0.15) is 0 Å². The number of hydrogen-bond acceptors (Lipinski definition) is 6. The zero-order valence-corrected chi connectivity index (χ0v) is 13.5. The molecule has 0 saturated carbocycles. The predicted molar refractivity (Wildman–Crippen MR) is 82.3 cm³/mol. The van der Waals surface area contributed by atoms with E-state index in [2.05, 4.69) is 10.2 Å². The number of carbonyl (C=O) groups is 1. The molecule has 116 valence electrons. The van der Waals surface area contributed by atoms with E-state index in [-0.39, 0.29) is 17.4 Å². The number of hydrogen-bond donors (Lipinski definition) is 0. The van der Waals surface area contributed by atoms with Gasteiger partial charge in [0, 0.05) is 24.6 Å². The minimum Gasteiger partial charge on any atom is -0.309 e. The third kappa shape index (κ3) is 3.16. The Morgan fingerprint density at radius 1 is 1.36 bits per heavy atom. The van der Waals surface area contributed by atoms with Crippen LogP contribution in [0.15, 0.2) is 28.3 Å². The first-order valence-corrected chi connectivity index (χ1v) is 7.49. The maximum Gasteiger partial charge on any atom is 0.284 e. The molecule has 0 bridgehead atoms. The molecule has 0 aliphatic rings. The van der Waals surface area contributed by atoms with E-state index < -0.39 is 4.92 Å². The molecule has 0 fully saturated rings. The van der Waals surface area contributed by atoms with Gasteiger partial charge in [0.1, 0.15) is 5.82 Å². The number of nitro groups is 1. The van der Waals surface area contributed by atoms with Crippen LogP contribution in [0.3, 0.4) is 0 Å². The van der Waals surface area contributed by atoms with Gasteiger partial charge in [0.15, 0.2) is 10.9 Å². The minimum absolute atomic E-state index is 0.105. The van der Waals surface area contributed by atoms with E-state index in [4.69, 9.17) is 0 Å². The average molecular weight is 320 g/mol. The number of Topliss-reactive ketones (excluding diaryl/α,β-unsaturated/α-hetero) is 1. The summed E-state index contributed by atoms with van der Waals surface area (Å²) in [5.74, 6) is 0.813. The summed E-state index contributed by atoms with van der Waals surface area (Å²) in [7, 11) is 1.83. The Kier molecular flexibility index (Phi) is 4.60. The van der Waals surface area contributed by atoms with Crippen molar-refractivity contribution in [2.24, 2.45) is 7.05 Å². The van der Waals surface area contributed by atoms with E-state index in [1.165, 1.54) is 13.0 Å². The number of nitro benzene ring substituents is 1. The fraction of sp³-hybridized carbons (Fsp3) is 0.357. The summed E-state index contributed by atoms with van der Waals surface area (Å²) in [5, 5.41) is 20.0. The van der Waals surface area contributed by atoms with Crippen molar-refractivity contribution in [2.45, 2.75) is 36.7 Å². The highest BCUT2D eigenvalue weighted by molar-refractivity contribution is 7.99. The molecule has 0 saturated heterocycles. The van der Waals surface area contributed by atoms with Crippen LogP contribution >= 0.6 is 11.8 Å². The van der Waals surface area contributed by atoms with Crippen LogP contribution in [0.2, 0.25) is 0 Å². The highest BCUT2D eigenvalue weighted by atomic mass is 32.2. The van der Waals surface area contributed by atoms with Crippen molar-refractivity contribution in [2.75, 3.05) is 0 Å². The fourth-order valence-electron chi connectivity index (χ4n) is 1.98. The van der Waals surface area contributed by atoms with E-state index in [1.807, 2.05) is 25.5 Å². The molecule has 0 aliphatic carbocycles. The van der Waals surface area contributed by atoms with Gasteiger partial charge < -0.3 is 4.57 Å². The first-order valence-electron chi connectivity index (χ1n) is 6.67. The predicted octanol–water partition coefficient (Wildman–Crippen LogP) is 3.20. The average Bonchev–Trinajstić information content (AvgIpc) is 2.80. The van der Waals surface area contributed by atoms with Crippen LogP contribution in [-0.4, -0.2) is 25.5 Å². The SMILES string of the molecule is CC(=O)c1ccc(Sc2nnc(C(C)C)n2C)c([N+](=O)[O-])c1. The highest BCUT2D eigenvalue weighted by Crippen LogP contribution is 2.35. The minimum atomic E-state index is -0.492. The van der Waals surface area contributed by atoms with Crippen molar-refractivity contribution in [1.29, 1.82) is 0 Å². The van der Waals surface area contributed by atoms with Gasteiger partial charge in [-0.3, -0.25) is 14.9 Å². The third-order valence-corrected chi connectivity index (χ3v) is 4.25. The van der Waals surface area contributed by atoms with Crippen molar-refractivity contribution in [3.05, 3.63) is 39.7 Å². The van der Waals surface area contributed by atoms with Crippen LogP contribution in [0.25, 0.3) is 0 Å². The van der Waals surface area contributed by atoms with Gasteiger partial charge in [0.05, 0.1) is 9.82 Å². The van der Waals surface area contributed by atoms with Crippen molar-refractivity contribution >= 4 is 23.2 Å². The first kappa shape index (κ1) is 16.2. The Bertz CT molecular complexity index is 740. The monoisotopic (exact) mass is 320 g/mol. The lowest BCUT2D eigenvalue weighted by Crippen LogP contribution is -2.01. The molecular weight excluding hydrogens is 304 g/mol. The molecule has 2 rings (SSSR count). The summed E-state index contributed by atoms with van der Waals surface area (Å²) in [6.07, 6.45) is 0. The van der Waals surface area contributed by atoms with Gasteiger partial charge in [-0.05, 0) is 30.8 Å². The summed E-state index contributed by atoms with van der Waals surface area (Å²) in [4.78, 5) is 22.5. The van der Waals surface area contributed by atoms with Gasteiger partial charge in [0.25, 0.3) is 5.69 Å². The summed E-state index contributed by atoms with van der Waals surface area (Å²) in [6, 6.07) is 4.45. The lowest BCUT2D eigenvalue weighted by Gasteiger charge is -2.06. The number of benzene rings is 1. The normalized spacial score (nSPS) is 11.0.